The summed E-state index contributed by atoms with van der Waals surface area (Å²) in [7, 11) is 0. The Hall–Kier alpha value is -3.38. The van der Waals surface area contributed by atoms with E-state index in [1.165, 1.54) is 54.9 Å². The molecule has 134 valence electrons. The molecule has 0 saturated carbocycles. The molecule has 0 N–H and O–H groups in total. The molecule has 0 unspecified atom stereocenters. The molecule has 28 heavy (non-hydrogen) atoms. The van der Waals surface area contributed by atoms with E-state index < -0.39 is 0 Å². The molecule has 0 aliphatic rings. The zero-order chi connectivity index (χ0) is 19.1. The van der Waals surface area contributed by atoms with Crippen LogP contribution >= 0.6 is 0 Å². The summed E-state index contributed by atoms with van der Waals surface area (Å²) in [5.74, 6) is 0. The molecule has 0 bridgehead atoms. The molecule has 5 aromatic rings. The predicted molar refractivity (Wildman–Crippen MR) is 122 cm³/mol. The number of hydrogen-bond donors (Lipinski definition) is 0. The van der Waals surface area contributed by atoms with Gasteiger partial charge in [0.05, 0.1) is 0 Å². The number of rotatable bonds is 2. The van der Waals surface area contributed by atoms with Crippen LogP contribution in [0.3, 0.4) is 0 Å². The molecule has 0 radical (unpaired) electrons. The number of benzene rings is 5. The van der Waals surface area contributed by atoms with Crippen LogP contribution in [-0.2, 0) is 0 Å². The summed E-state index contributed by atoms with van der Waals surface area (Å²) >= 11 is 0. The Bertz CT molecular complexity index is 1200. The first-order chi connectivity index (χ1) is 13.7. The molecule has 5 aromatic carbocycles. The van der Waals surface area contributed by atoms with Gasteiger partial charge in [0.15, 0.2) is 0 Å². The molecule has 0 aliphatic heterocycles. The molecule has 0 saturated heterocycles. The summed E-state index contributed by atoms with van der Waals surface area (Å²) in [6.45, 7) is 4.40. The molecule has 0 aliphatic carbocycles. The van der Waals surface area contributed by atoms with E-state index in [4.69, 9.17) is 0 Å². The minimum absolute atomic E-state index is 1.27. The fraction of sp³-hybridized carbons (Fsp3) is 0.0714. The van der Waals surface area contributed by atoms with Crippen molar-refractivity contribution in [2.75, 3.05) is 0 Å². The fourth-order valence-electron chi connectivity index (χ4n) is 4.33. The second kappa shape index (κ2) is 6.65. The normalized spacial score (nSPS) is 11.2. The highest BCUT2D eigenvalue weighted by Crippen LogP contribution is 2.36. The van der Waals surface area contributed by atoms with E-state index in [1.54, 1.807) is 0 Å². The monoisotopic (exact) mass is 358 g/mol. The third-order valence-electron chi connectivity index (χ3n) is 5.74. The molecule has 0 aromatic heterocycles. The zero-order valence-electron chi connectivity index (χ0n) is 16.2. The first-order valence-corrected chi connectivity index (χ1v) is 9.80. The van der Waals surface area contributed by atoms with Crippen molar-refractivity contribution in [1.29, 1.82) is 0 Å². The van der Waals surface area contributed by atoms with E-state index in [2.05, 4.69) is 111 Å². The largest absolute Gasteiger partial charge is 0.0616 e. The van der Waals surface area contributed by atoms with Crippen LogP contribution in [0.5, 0.6) is 0 Å². The topological polar surface area (TPSA) is 0 Å². The van der Waals surface area contributed by atoms with E-state index in [0.29, 0.717) is 0 Å². The Morgan fingerprint density at radius 1 is 0.393 bits per heavy atom. The lowest BCUT2D eigenvalue weighted by Crippen LogP contribution is -1.89. The van der Waals surface area contributed by atoms with Crippen molar-refractivity contribution < 1.29 is 0 Å². The Morgan fingerprint density at radius 2 is 0.786 bits per heavy atom. The van der Waals surface area contributed by atoms with Gasteiger partial charge in [-0.05, 0) is 68.8 Å². The van der Waals surface area contributed by atoms with Crippen molar-refractivity contribution in [2.45, 2.75) is 13.8 Å². The quantitative estimate of drug-likeness (QED) is 0.300. The van der Waals surface area contributed by atoms with Gasteiger partial charge in [0.25, 0.3) is 0 Å². The second-order valence-electron chi connectivity index (χ2n) is 7.53. The van der Waals surface area contributed by atoms with Crippen LogP contribution in [0.1, 0.15) is 11.1 Å². The lowest BCUT2D eigenvalue weighted by atomic mass is 9.90. The summed E-state index contributed by atoms with van der Waals surface area (Å²) in [6.07, 6.45) is 0. The van der Waals surface area contributed by atoms with E-state index in [9.17, 15) is 0 Å². The number of aryl methyl sites for hydroxylation is 2. The molecule has 0 heterocycles. The van der Waals surface area contributed by atoms with Crippen LogP contribution in [0.4, 0.5) is 0 Å². The maximum Gasteiger partial charge on any atom is -0.00761 e. The molecule has 0 spiro atoms. The van der Waals surface area contributed by atoms with Gasteiger partial charge in [-0.3, -0.25) is 0 Å². The molecule has 0 nitrogen and oxygen atoms in total. The van der Waals surface area contributed by atoms with Gasteiger partial charge in [-0.2, -0.15) is 0 Å². The van der Waals surface area contributed by atoms with Gasteiger partial charge >= 0.3 is 0 Å². The maximum atomic E-state index is 2.27. The first-order valence-electron chi connectivity index (χ1n) is 9.80. The van der Waals surface area contributed by atoms with E-state index >= 15 is 0 Å². The highest BCUT2D eigenvalue weighted by Gasteiger charge is 2.10. The first kappa shape index (κ1) is 16.8. The molecule has 0 atom stereocenters. The van der Waals surface area contributed by atoms with Crippen LogP contribution in [0.15, 0.2) is 97.1 Å². The highest BCUT2D eigenvalue weighted by atomic mass is 14.1. The summed E-state index contributed by atoms with van der Waals surface area (Å²) in [6, 6.07) is 35.2. The van der Waals surface area contributed by atoms with Gasteiger partial charge in [0, 0.05) is 0 Å². The van der Waals surface area contributed by atoms with Gasteiger partial charge in [0.1, 0.15) is 0 Å². The SMILES string of the molecule is Cc1ccc2ccccc2c1-c1ccc(-c2c(C)ccc3ccccc23)cc1. The third kappa shape index (κ3) is 2.70. The lowest BCUT2D eigenvalue weighted by Gasteiger charge is -2.14. The lowest BCUT2D eigenvalue weighted by molar-refractivity contribution is 1.47. The Morgan fingerprint density at radius 3 is 1.21 bits per heavy atom. The molecular formula is C28H22. The summed E-state index contributed by atoms with van der Waals surface area (Å²) < 4.78 is 0. The highest BCUT2D eigenvalue weighted by molar-refractivity contribution is 6.00. The molecular weight excluding hydrogens is 336 g/mol. The van der Waals surface area contributed by atoms with E-state index in [1.807, 2.05) is 0 Å². The predicted octanol–water partition coefficient (Wildman–Crippen LogP) is 7.94. The number of fused-ring (bicyclic) bond motifs is 2. The van der Waals surface area contributed by atoms with Crippen LogP contribution in [0.25, 0.3) is 43.8 Å². The van der Waals surface area contributed by atoms with E-state index in [0.717, 1.165) is 0 Å². The van der Waals surface area contributed by atoms with Crippen molar-refractivity contribution in [3.05, 3.63) is 108 Å². The molecule has 0 amide bonds. The Labute approximate surface area is 166 Å². The smallest absolute Gasteiger partial charge is 0.00761 e. The average Bonchev–Trinajstić information content (AvgIpc) is 2.74. The second-order valence-corrected chi connectivity index (χ2v) is 7.53. The summed E-state index contributed by atoms with van der Waals surface area (Å²) in [4.78, 5) is 0. The van der Waals surface area contributed by atoms with Crippen LogP contribution in [0, 0.1) is 13.8 Å². The van der Waals surface area contributed by atoms with Crippen molar-refractivity contribution >= 4 is 21.5 Å². The van der Waals surface area contributed by atoms with Gasteiger partial charge in [-0.25, -0.2) is 0 Å². The Balaban J connectivity index is 1.68. The zero-order valence-corrected chi connectivity index (χ0v) is 16.2. The van der Waals surface area contributed by atoms with Crippen molar-refractivity contribution in [1.82, 2.24) is 0 Å². The number of hydrogen-bond acceptors (Lipinski definition) is 0. The van der Waals surface area contributed by atoms with Crippen LogP contribution < -0.4 is 0 Å². The van der Waals surface area contributed by atoms with Gasteiger partial charge in [0.2, 0.25) is 0 Å². The van der Waals surface area contributed by atoms with Crippen molar-refractivity contribution in [3.63, 3.8) is 0 Å². The van der Waals surface area contributed by atoms with Crippen LogP contribution in [0.2, 0.25) is 0 Å². The van der Waals surface area contributed by atoms with Crippen molar-refractivity contribution in [2.24, 2.45) is 0 Å². The Kier molecular flexibility index (Phi) is 3.98. The average molecular weight is 358 g/mol. The molecule has 0 heteroatoms. The summed E-state index contributed by atoms with van der Waals surface area (Å²) in [5.41, 5.74) is 7.84. The van der Waals surface area contributed by atoms with E-state index in [-0.39, 0.29) is 0 Å². The van der Waals surface area contributed by atoms with Gasteiger partial charge in [-0.15, -0.1) is 0 Å². The summed E-state index contributed by atoms with van der Waals surface area (Å²) in [5, 5.41) is 5.21. The van der Waals surface area contributed by atoms with Gasteiger partial charge < -0.3 is 0 Å². The standard InChI is InChI=1S/C28H22/c1-19-11-13-21-7-3-5-9-25(21)27(19)23-15-17-24(18-16-23)28-20(2)12-14-22-8-4-6-10-26(22)28/h3-18H,1-2H3. The third-order valence-corrected chi connectivity index (χ3v) is 5.74. The minimum atomic E-state index is 1.27. The molecule has 0 fully saturated rings. The maximum absolute atomic E-state index is 2.27. The minimum Gasteiger partial charge on any atom is -0.0616 e. The van der Waals surface area contributed by atoms with Crippen molar-refractivity contribution in [3.8, 4) is 22.3 Å². The van der Waals surface area contributed by atoms with Crippen LogP contribution in [-0.4, -0.2) is 0 Å². The van der Waals surface area contributed by atoms with Gasteiger partial charge in [-0.1, -0.05) is 97.1 Å². The fourth-order valence-corrected chi connectivity index (χ4v) is 4.33. The molecule has 5 rings (SSSR count).